The van der Waals surface area contributed by atoms with E-state index < -0.39 is 6.04 Å². The minimum atomic E-state index is -0.531. The fraction of sp³-hybridized carbons (Fsp3) is 0.429. The Morgan fingerprint density at radius 1 is 1.20 bits per heavy atom. The molecule has 6 nitrogen and oxygen atoms in total. The maximum absolute atomic E-state index is 6.21. The third-order valence-corrected chi connectivity index (χ3v) is 3.00. The summed E-state index contributed by atoms with van der Waals surface area (Å²) in [5, 5.41) is 3.94. The number of rotatable bonds is 5. The molecule has 2 N–H and O–H groups in total. The second-order valence-corrected chi connectivity index (χ2v) is 4.71. The van der Waals surface area contributed by atoms with Crippen LogP contribution in [0.5, 0.6) is 11.5 Å². The molecule has 1 aromatic carbocycles. The van der Waals surface area contributed by atoms with Gasteiger partial charge in [-0.15, -0.1) is 0 Å². The molecule has 6 heteroatoms. The summed E-state index contributed by atoms with van der Waals surface area (Å²) < 4.78 is 15.8. The lowest BCUT2D eigenvalue weighted by Gasteiger charge is -2.15. The monoisotopic (exact) mass is 277 g/mol. The molecule has 0 bridgehead atoms. The normalized spacial score (nSPS) is 12.5. The summed E-state index contributed by atoms with van der Waals surface area (Å²) >= 11 is 0. The van der Waals surface area contributed by atoms with Gasteiger partial charge in [-0.25, -0.2) is 0 Å². The van der Waals surface area contributed by atoms with Crippen LogP contribution >= 0.6 is 0 Å². The molecule has 2 rings (SSSR count). The van der Waals surface area contributed by atoms with Crippen LogP contribution in [0.1, 0.15) is 43.1 Å². The van der Waals surface area contributed by atoms with Crippen LogP contribution in [-0.4, -0.2) is 24.4 Å². The van der Waals surface area contributed by atoms with Crippen LogP contribution in [0.4, 0.5) is 0 Å². The average molecular weight is 277 g/mol. The number of hydrogen-bond donors (Lipinski definition) is 1. The van der Waals surface area contributed by atoms with E-state index in [9.17, 15) is 0 Å². The van der Waals surface area contributed by atoms with E-state index in [0.717, 1.165) is 5.56 Å². The first-order valence-corrected chi connectivity index (χ1v) is 6.38. The summed E-state index contributed by atoms with van der Waals surface area (Å²) in [5.41, 5.74) is 6.96. The SMILES string of the molecule is COc1cccc(C(N)c2noc(C(C)C)n2)c1OC. The molecule has 2 aromatic rings. The van der Waals surface area contributed by atoms with E-state index in [0.29, 0.717) is 23.2 Å². The van der Waals surface area contributed by atoms with Crippen molar-refractivity contribution in [1.82, 2.24) is 10.1 Å². The smallest absolute Gasteiger partial charge is 0.229 e. The molecule has 1 unspecified atom stereocenters. The molecule has 0 saturated heterocycles. The van der Waals surface area contributed by atoms with Crippen LogP contribution in [0.25, 0.3) is 0 Å². The fourth-order valence-electron chi connectivity index (χ4n) is 1.90. The first kappa shape index (κ1) is 14.3. The standard InChI is InChI=1S/C14H19N3O3/c1-8(2)14-16-13(17-20-14)11(15)9-6-5-7-10(18-3)12(9)19-4/h5-8,11H,15H2,1-4H3. The predicted octanol–water partition coefficient (Wildman–Crippen LogP) is 2.26. The van der Waals surface area contributed by atoms with Gasteiger partial charge >= 0.3 is 0 Å². The average Bonchev–Trinajstić information content (AvgIpc) is 2.95. The highest BCUT2D eigenvalue weighted by Crippen LogP contribution is 2.35. The van der Waals surface area contributed by atoms with Crippen molar-refractivity contribution in [2.24, 2.45) is 5.73 Å². The topological polar surface area (TPSA) is 83.4 Å². The lowest BCUT2D eigenvalue weighted by Crippen LogP contribution is -2.15. The maximum Gasteiger partial charge on any atom is 0.229 e. The van der Waals surface area contributed by atoms with Crippen LogP contribution in [0, 0.1) is 0 Å². The highest BCUT2D eigenvalue weighted by atomic mass is 16.5. The molecule has 0 aliphatic heterocycles. The number of nitrogens with two attached hydrogens (primary N) is 1. The molecule has 0 saturated carbocycles. The van der Waals surface area contributed by atoms with Crippen LogP contribution < -0.4 is 15.2 Å². The zero-order valence-electron chi connectivity index (χ0n) is 12.1. The molecular weight excluding hydrogens is 258 g/mol. The zero-order valence-corrected chi connectivity index (χ0v) is 12.1. The third-order valence-electron chi connectivity index (χ3n) is 3.00. The van der Waals surface area contributed by atoms with Gasteiger partial charge in [0.15, 0.2) is 17.3 Å². The van der Waals surface area contributed by atoms with Gasteiger partial charge in [-0.2, -0.15) is 4.98 Å². The summed E-state index contributed by atoms with van der Waals surface area (Å²) in [4.78, 5) is 4.32. The molecule has 0 aliphatic rings. The van der Waals surface area contributed by atoms with E-state index in [2.05, 4.69) is 10.1 Å². The van der Waals surface area contributed by atoms with Crippen molar-refractivity contribution in [2.75, 3.05) is 14.2 Å². The summed E-state index contributed by atoms with van der Waals surface area (Å²) in [6, 6.07) is 4.98. The van der Waals surface area contributed by atoms with E-state index in [4.69, 9.17) is 19.7 Å². The third kappa shape index (κ3) is 2.60. The molecule has 0 amide bonds. The zero-order chi connectivity index (χ0) is 14.7. The highest BCUT2D eigenvalue weighted by Gasteiger charge is 2.22. The number of nitrogens with zero attached hydrogens (tertiary/aromatic N) is 2. The Hall–Kier alpha value is -2.08. The summed E-state index contributed by atoms with van der Waals surface area (Å²) in [6.07, 6.45) is 0. The summed E-state index contributed by atoms with van der Waals surface area (Å²) in [7, 11) is 3.15. The van der Waals surface area contributed by atoms with Crippen molar-refractivity contribution < 1.29 is 14.0 Å². The Kier molecular flexibility index (Phi) is 4.24. The van der Waals surface area contributed by atoms with Crippen LogP contribution in [0.2, 0.25) is 0 Å². The quantitative estimate of drug-likeness (QED) is 0.902. The van der Waals surface area contributed by atoms with Crippen molar-refractivity contribution in [3.63, 3.8) is 0 Å². The molecule has 0 spiro atoms. The number of ether oxygens (including phenoxy) is 2. The molecule has 0 fully saturated rings. The minimum absolute atomic E-state index is 0.163. The van der Waals surface area contributed by atoms with Crippen LogP contribution in [0.3, 0.4) is 0 Å². The van der Waals surface area contributed by atoms with Crippen molar-refractivity contribution >= 4 is 0 Å². The van der Waals surface area contributed by atoms with Crippen molar-refractivity contribution in [1.29, 1.82) is 0 Å². The summed E-state index contributed by atoms with van der Waals surface area (Å²) in [5.74, 6) is 2.36. The Morgan fingerprint density at radius 3 is 2.50 bits per heavy atom. The van der Waals surface area contributed by atoms with Gasteiger partial charge in [0.25, 0.3) is 0 Å². The minimum Gasteiger partial charge on any atom is -0.493 e. The summed E-state index contributed by atoms with van der Waals surface area (Å²) in [6.45, 7) is 3.96. The van der Waals surface area contributed by atoms with Crippen LogP contribution in [0.15, 0.2) is 22.7 Å². The molecular formula is C14H19N3O3. The van der Waals surface area contributed by atoms with E-state index >= 15 is 0 Å². The molecule has 1 heterocycles. The van der Waals surface area contributed by atoms with Gasteiger partial charge in [-0.3, -0.25) is 0 Å². The number of aromatic nitrogens is 2. The molecule has 108 valence electrons. The van der Waals surface area contributed by atoms with Crippen molar-refractivity contribution in [3.8, 4) is 11.5 Å². The second-order valence-electron chi connectivity index (χ2n) is 4.71. The van der Waals surface area contributed by atoms with E-state index in [1.165, 1.54) is 0 Å². The largest absolute Gasteiger partial charge is 0.493 e. The number of methoxy groups -OCH3 is 2. The van der Waals surface area contributed by atoms with Gasteiger partial charge in [0, 0.05) is 11.5 Å². The number of benzene rings is 1. The first-order chi connectivity index (χ1) is 9.58. The fourth-order valence-corrected chi connectivity index (χ4v) is 1.90. The van der Waals surface area contributed by atoms with Gasteiger partial charge in [-0.05, 0) is 6.07 Å². The molecule has 1 aromatic heterocycles. The Balaban J connectivity index is 2.39. The molecule has 1 atom stereocenters. The van der Waals surface area contributed by atoms with Crippen molar-refractivity contribution in [3.05, 3.63) is 35.5 Å². The second kappa shape index (κ2) is 5.92. The lowest BCUT2D eigenvalue weighted by atomic mass is 10.1. The molecule has 0 radical (unpaired) electrons. The first-order valence-electron chi connectivity index (χ1n) is 6.38. The van der Waals surface area contributed by atoms with Gasteiger partial charge in [0.05, 0.1) is 20.3 Å². The predicted molar refractivity (Wildman–Crippen MR) is 74.0 cm³/mol. The van der Waals surface area contributed by atoms with Crippen LogP contribution in [-0.2, 0) is 0 Å². The van der Waals surface area contributed by atoms with E-state index in [1.807, 2.05) is 32.0 Å². The highest BCUT2D eigenvalue weighted by molar-refractivity contribution is 5.49. The molecule has 20 heavy (non-hydrogen) atoms. The lowest BCUT2D eigenvalue weighted by molar-refractivity contribution is 0.347. The van der Waals surface area contributed by atoms with Gasteiger partial charge in [0.2, 0.25) is 5.89 Å². The number of para-hydroxylation sites is 1. The maximum atomic E-state index is 6.21. The molecule has 0 aliphatic carbocycles. The van der Waals surface area contributed by atoms with Gasteiger partial charge < -0.3 is 19.7 Å². The number of hydrogen-bond acceptors (Lipinski definition) is 6. The van der Waals surface area contributed by atoms with Gasteiger partial charge in [-0.1, -0.05) is 31.1 Å². The van der Waals surface area contributed by atoms with Gasteiger partial charge in [0.1, 0.15) is 0 Å². The Bertz CT molecular complexity index is 581. The van der Waals surface area contributed by atoms with Crippen molar-refractivity contribution in [2.45, 2.75) is 25.8 Å². The Morgan fingerprint density at radius 2 is 1.95 bits per heavy atom. The van der Waals surface area contributed by atoms with E-state index in [-0.39, 0.29) is 5.92 Å². The van der Waals surface area contributed by atoms with E-state index in [1.54, 1.807) is 14.2 Å². The Labute approximate surface area is 117 Å².